The molecule has 2 aliphatic rings. The summed E-state index contributed by atoms with van der Waals surface area (Å²) >= 11 is 0. The average molecular weight is 313 g/mol. The Balaban J connectivity index is 1.33. The Morgan fingerprint density at radius 3 is 2.61 bits per heavy atom. The van der Waals surface area contributed by atoms with Crippen LogP contribution in [0, 0.1) is 5.92 Å². The fourth-order valence-electron chi connectivity index (χ4n) is 3.48. The van der Waals surface area contributed by atoms with Crippen molar-refractivity contribution >= 4 is 5.91 Å². The molecule has 3 heteroatoms. The van der Waals surface area contributed by atoms with E-state index in [2.05, 4.69) is 36.4 Å². The van der Waals surface area contributed by atoms with Gasteiger partial charge < -0.3 is 9.64 Å². The van der Waals surface area contributed by atoms with Gasteiger partial charge in [0.25, 0.3) is 0 Å². The lowest BCUT2D eigenvalue weighted by Gasteiger charge is -2.32. The Labute approximate surface area is 139 Å². The van der Waals surface area contributed by atoms with Crippen molar-refractivity contribution in [3.8, 4) is 0 Å². The average Bonchev–Trinajstić information content (AvgIpc) is 3.09. The molecule has 1 amide bonds. The normalized spacial score (nSPS) is 21.7. The second-order valence-electron chi connectivity index (χ2n) is 6.66. The predicted octanol–water partition coefficient (Wildman–Crippen LogP) is 3.59. The molecule has 0 radical (unpaired) electrons. The number of carbonyl (C=O) groups excluding carboxylic acids is 1. The van der Waals surface area contributed by atoms with Crippen molar-refractivity contribution in [3.05, 3.63) is 48.0 Å². The first-order chi connectivity index (χ1) is 11.3. The molecule has 1 atom stereocenters. The van der Waals surface area contributed by atoms with Crippen molar-refractivity contribution < 1.29 is 9.53 Å². The Morgan fingerprint density at radius 2 is 1.91 bits per heavy atom. The number of ether oxygens (including phenoxy) is 1. The monoisotopic (exact) mass is 313 g/mol. The molecule has 0 unspecified atom stereocenters. The van der Waals surface area contributed by atoms with Gasteiger partial charge in [0.05, 0.1) is 12.7 Å². The summed E-state index contributed by atoms with van der Waals surface area (Å²) in [6, 6.07) is 10.5. The topological polar surface area (TPSA) is 29.5 Å². The fourth-order valence-corrected chi connectivity index (χ4v) is 3.48. The molecule has 0 spiro atoms. The maximum atomic E-state index is 12.3. The van der Waals surface area contributed by atoms with E-state index in [0.717, 1.165) is 51.8 Å². The molecule has 1 aromatic rings. The number of carbonyl (C=O) groups is 1. The lowest BCUT2D eigenvalue weighted by atomic mass is 10.0. The lowest BCUT2D eigenvalue weighted by molar-refractivity contribution is -0.134. The molecule has 1 fully saturated rings. The first-order valence-electron chi connectivity index (χ1n) is 8.91. The SMILES string of the molecule is O=C(C[C@@H]1C=CCC1)N1CCC(OCCc2ccccc2)CC1. The maximum Gasteiger partial charge on any atom is 0.223 e. The van der Waals surface area contributed by atoms with E-state index in [9.17, 15) is 4.79 Å². The minimum absolute atomic E-state index is 0.314. The lowest BCUT2D eigenvalue weighted by Crippen LogP contribution is -2.41. The van der Waals surface area contributed by atoms with Gasteiger partial charge in [-0.15, -0.1) is 0 Å². The molecule has 0 bridgehead atoms. The largest absolute Gasteiger partial charge is 0.378 e. The summed E-state index contributed by atoms with van der Waals surface area (Å²) in [6.07, 6.45) is 10.6. The van der Waals surface area contributed by atoms with Crippen molar-refractivity contribution in [3.63, 3.8) is 0 Å². The van der Waals surface area contributed by atoms with E-state index in [1.54, 1.807) is 0 Å². The number of benzene rings is 1. The molecule has 1 aromatic carbocycles. The highest BCUT2D eigenvalue weighted by molar-refractivity contribution is 5.76. The van der Waals surface area contributed by atoms with Crippen LogP contribution >= 0.6 is 0 Å². The van der Waals surface area contributed by atoms with Gasteiger partial charge in [0.15, 0.2) is 0 Å². The molecule has 1 saturated heterocycles. The second kappa shape index (κ2) is 8.30. The van der Waals surface area contributed by atoms with Gasteiger partial charge in [-0.05, 0) is 43.6 Å². The summed E-state index contributed by atoms with van der Waals surface area (Å²) in [5.41, 5.74) is 1.32. The molecule has 23 heavy (non-hydrogen) atoms. The van der Waals surface area contributed by atoms with E-state index < -0.39 is 0 Å². The van der Waals surface area contributed by atoms with Crippen LogP contribution in [0.4, 0.5) is 0 Å². The summed E-state index contributed by atoms with van der Waals surface area (Å²) in [5, 5.41) is 0. The Bertz CT molecular complexity index is 518. The zero-order valence-corrected chi connectivity index (χ0v) is 13.8. The van der Waals surface area contributed by atoms with E-state index in [1.807, 2.05) is 11.0 Å². The standard InChI is InChI=1S/C20H27NO2/c22-20(16-18-8-4-5-9-18)21-13-10-19(11-14-21)23-15-12-17-6-2-1-3-7-17/h1-4,6-8,18-19H,5,9-16H2/t18-/m1/s1. The van der Waals surface area contributed by atoms with Crippen LogP contribution in [-0.4, -0.2) is 36.6 Å². The van der Waals surface area contributed by atoms with Crippen molar-refractivity contribution in [2.24, 2.45) is 5.92 Å². The summed E-state index contributed by atoms with van der Waals surface area (Å²) < 4.78 is 6.00. The number of allylic oxidation sites excluding steroid dienone is 2. The van der Waals surface area contributed by atoms with Gasteiger partial charge in [-0.1, -0.05) is 42.5 Å². The van der Waals surface area contributed by atoms with Crippen LogP contribution in [0.25, 0.3) is 0 Å². The second-order valence-corrected chi connectivity index (χ2v) is 6.66. The maximum absolute atomic E-state index is 12.3. The van der Waals surface area contributed by atoms with Gasteiger partial charge in [-0.3, -0.25) is 4.79 Å². The molecule has 1 aliphatic carbocycles. The first-order valence-corrected chi connectivity index (χ1v) is 8.91. The zero-order valence-electron chi connectivity index (χ0n) is 13.8. The molecule has 0 saturated carbocycles. The quantitative estimate of drug-likeness (QED) is 0.751. The van der Waals surface area contributed by atoms with Gasteiger partial charge in [-0.2, -0.15) is 0 Å². The van der Waals surface area contributed by atoms with Crippen LogP contribution in [0.1, 0.15) is 37.7 Å². The van der Waals surface area contributed by atoms with E-state index in [-0.39, 0.29) is 0 Å². The molecular weight excluding hydrogens is 286 g/mol. The third-order valence-corrected chi connectivity index (χ3v) is 4.93. The van der Waals surface area contributed by atoms with Gasteiger partial charge >= 0.3 is 0 Å². The molecule has 1 aliphatic heterocycles. The van der Waals surface area contributed by atoms with Crippen molar-refractivity contribution in [1.29, 1.82) is 0 Å². The zero-order chi connectivity index (χ0) is 15.9. The van der Waals surface area contributed by atoms with Crippen LogP contribution in [0.15, 0.2) is 42.5 Å². The number of rotatable bonds is 6. The van der Waals surface area contributed by atoms with E-state index in [4.69, 9.17) is 4.74 Å². The van der Waals surface area contributed by atoms with Gasteiger partial charge in [0, 0.05) is 19.5 Å². The molecule has 1 heterocycles. The van der Waals surface area contributed by atoms with Crippen molar-refractivity contribution in [2.45, 2.75) is 44.6 Å². The highest BCUT2D eigenvalue weighted by Crippen LogP contribution is 2.23. The van der Waals surface area contributed by atoms with Gasteiger partial charge in [0.2, 0.25) is 5.91 Å². The third kappa shape index (κ3) is 4.93. The Morgan fingerprint density at radius 1 is 1.13 bits per heavy atom. The third-order valence-electron chi connectivity index (χ3n) is 4.93. The number of piperidine rings is 1. The minimum atomic E-state index is 0.314. The minimum Gasteiger partial charge on any atom is -0.378 e. The van der Waals surface area contributed by atoms with E-state index in [1.165, 1.54) is 5.56 Å². The van der Waals surface area contributed by atoms with Crippen LogP contribution in [-0.2, 0) is 16.0 Å². The number of hydrogen-bond donors (Lipinski definition) is 0. The van der Waals surface area contributed by atoms with Gasteiger partial charge in [0.1, 0.15) is 0 Å². The van der Waals surface area contributed by atoms with Crippen molar-refractivity contribution in [1.82, 2.24) is 4.90 Å². The Kier molecular flexibility index (Phi) is 5.87. The van der Waals surface area contributed by atoms with Crippen LogP contribution < -0.4 is 0 Å². The predicted molar refractivity (Wildman–Crippen MR) is 92.2 cm³/mol. The van der Waals surface area contributed by atoms with Crippen molar-refractivity contribution in [2.75, 3.05) is 19.7 Å². The summed E-state index contributed by atoms with van der Waals surface area (Å²) in [7, 11) is 0. The molecule has 0 aromatic heterocycles. The highest BCUT2D eigenvalue weighted by Gasteiger charge is 2.24. The molecule has 0 N–H and O–H groups in total. The van der Waals surface area contributed by atoms with Crippen LogP contribution in [0.2, 0.25) is 0 Å². The smallest absolute Gasteiger partial charge is 0.223 e. The van der Waals surface area contributed by atoms with Crippen LogP contribution in [0.3, 0.4) is 0 Å². The molecular formula is C20H27NO2. The van der Waals surface area contributed by atoms with Gasteiger partial charge in [-0.25, -0.2) is 0 Å². The summed E-state index contributed by atoms with van der Waals surface area (Å²) in [6.45, 7) is 2.48. The Hall–Kier alpha value is -1.61. The van der Waals surface area contributed by atoms with E-state index >= 15 is 0 Å². The first kappa shape index (κ1) is 16.3. The van der Waals surface area contributed by atoms with E-state index in [0.29, 0.717) is 24.3 Å². The van der Waals surface area contributed by atoms with Crippen LogP contribution in [0.5, 0.6) is 0 Å². The molecule has 3 rings (SSSR count). The fraction of sp³-hybridized carbons (Fsp3) is 0.550. The number of likely N-dealkylation sites (tertiary alicyclic amines) is 1. The number of amides is 1. The molecule has 3 nitrogen and oxygen atoms in total. The summed E-state index contributed by atoms with van der Waals surface area (Å²) in [4.78, 5) is 14.3. The molecule has 124 valence electrons. The number of hydrogen-bond acceptors (Lipinski definition) is 2. The number of nitrogens with zero attached hydrogens (tertiary/aromatic N) is 1. The highest BCUT2D eigenvalue weighted by atomic mass is 16.5. The summed E-state index contributed by atoms with van der Waals surface area (Å²) in [5.74, 6) is 0.798.